The SMILES string of the molecule is Cc1cc(C=NNC(=O)COc2ccc(N(C)C)cc2)c(C)n1-c1ccc2ncccc2c1. The molecule has 0 aliphatic rings. The maximum Gasteiger partial charge on any atom is 0.277 e. The number of amides is 1. The van der Waals surface area contributed by atoms with Crippen LogP contribution in [0.5, 0.6) is 5.75 Å². The summed E-state index contributed by atoms with van der Waals surface area (Å²) < 4.78 is 7.69. The highest BCUT2D eigenvalue weighted by molar-refractivity contribution is 5.85. The molecule has 4 rings (SSSR count). The van der Waals surface area contributed by atoms with Crippen LogP contribution in [0.2, 0.25) is 0 Å². The molecule has 0 atom stereocenters. The lowest BCUT2D eigenvalue weighted by atomic mass is 10.2. The van der Waals surface area contributed by atoms with Crippen molar-refractivity contribution in [2.75, 3.05) is 25.6 Å². The van der Waals surface area contributed by atoms with Gasteiger partial charge in [-0.1, -0.05) is 6.07 Å². The first-order valence-electron chi connectivity index (χ1n) is 10.7. The Hall–Kier alpha value is -4.13. The minimum absolute atomic E-state index is 0.108. The summed E-state index contributed by atoms with van der Waals surface area (Å²) in [5.41, 5.74) is 8.66. The third kappa shape index (κ3) is 5.03. The number of carbonyl (C=O) groups excluding carboxylic acids is 1. The molecule has 0 unspecified atom stereocenters. The summed E-state index contributed by atoms with van der Waals surface area (Å²) in [7, 11) is 3.94. The van der Waals surface area contributed by atoms with Crippen LogP contribution in [-0.2, 0) is 4.79 Å². The van der Waals surface area contributed by atoms with Gasteiger partial charge < -0.3 is 14.2 Å². The number of aryl methyl sites for hydroxylation is 1. The smallest absolute Gasteiger partial charge is 0.277 e. The molecule has 0 fully saturated rings. The van der Waals surface area contributed by atoms with Crippen molar-refractivity contribution in [1.82, 2.24) is 15.0 Å². The average Bonchev–Trinajstić information content (AvgIpc) is 3.10. The molecule has 0 aliphatic heterocycles. The predicted molar refractivity (Wildman–Crippen MR) is 133 cm³/mol. The van der Waals surface area contributed by atoms with Crippen LogP contribution in [0.4, 0.5) is 5.69 Å². The van der Waals surface area contributed by atoms with Crippen molar-refractivity contribution in [3.63, 3.8) is 0 Å². The van der Waals surface area contributed by atoms with Gasteiger partial charge in [0.25, 0.3) is 5.91 Å². The standard InChI is InChI=1S/C26H27N5O2/c1-18-14-21(19(2)31(18)23-9-12-25-20(15-23)6-5-13-27-25)16-28-29-26(32)17-33-24-10-7-22(8-11-24)30(3)4/h5-16H,17H2,1-4H3,(H,29,32). The van der Waals surface area contributed by atoms with Crippen molar-refractivity contribution in [1.29, 1.82) is 0 Å². The summed E-state index contributed by atoms with van der Waals surface area (Å²) >= 11 is 0. The van der Waals surface area contributed by atoms with Crippen molar-refractivity contribution in [2.45, 2.75) is 13.8 Å². The molecule has 0 saturated heterocycles. The van der Waals surface area contributed by atoms with Crippen LogP contribution in [0, 0.1) is 13.8 Å². The van der Waals surface area contributed by atoms with Crippen molar-refractivity contribution < 1.29 is 9.53 Å². The summed E-state index contributed by atoms with van der Waals surface area (Å²) in [6, 6.07) is 19.8. The lowest BCUT2D eigenvalue weighted by molar-refractivity contribution is -0.123. The topological polar surface area (TPSA) is 71.8 Å². The van der Waals surface area contributed by atoms with Crippen molar-refractivity contribution in [2.24, 2.45) is 5.10 Å². The van der Waals surface area contributed by atoms with E-state index in [-0.39, 0.29) is 12.5 Å². The zero-order valence-corrected chi connectivity index (χ0v) is 19.2. The fourth-order valence-electron chi connectivity index (χ4n) is 3.71. The van der Waals surface area contributed by atoms with Gasteiger partial charge in [-0.05, 0) is 68.4 Å². The van der Waals surface area contributed by atoms with E-state index in [0.717, 1.165) is 39.2 Å². The molecular formula is C26H27N5O2. The van der Waals surface area contributed by atoms with E-state index >= 15 is 0 Å². The van der Waals surface area contributed by atoms with E-state index in [9.17, 15) is 4.79 Å². The molecule has 0 bridgehead atoms. The van der Waals surface area contributed by atoms with Crippen LogP contribution in [0.15, 0.2) is 72.0 Å². The Kier molecular flexibility index (Phi) is 6.40. The number of hydrogen-bond acceptors (Lipinski definition) is 5. The molecule has 2 aromatic heterocycles. The zero-order chi connectivity index (χ0) is 23.4. The van der Waals surface area contributed by atoms with E-state index < -0.39 is 0 Å². The molecule has 2 heterocycles. The molecule has 0 aliphatic carbocycles. The van der Waals surface area contributed by atoms with Gasteiger partial charge in [-0.15, -0.1) is 0 Å². The van der Waals surface area contributed by atoms with Crippen LogP contribution in [0.3, 0.4) is 0 Å². The minimum atomic E-state index is -0.321. The van der Waals surface area contributed by atoms with Crippen LogP contribution >= 0.6 is 0 Å². The molecule has 1 amide bonds. The fraction of sp³-hybridized carbons (Fsp3) is 0.192. The van der Waals surface area contributed by atoms with E-state index in [0.29, 0.717) is 5.75 Å². The van der Waals surface area contributed by atoms with E-state index in [1.165, 1.54) is 0 Å². The minimum Gasteiger partial charge on any atom is -0.484 e. The Morgan fingerprint density at radius 3 is 2.67 bits per heavy atom. The largest absolute Gasteiger partial charge is 0.484 e. The molecular weight excluding hydrogens is 414 g/mol. The zero-order valence-electron chi connectivity index (χ0n) is 19.2. The molecule has 7 nitrogen and oxygen atoms in total. The van der Waals surface area contributed by atoms with E-state index in [2.05, 4.69) is 38.3 Å². The van der Waals surface area contributed by atoms with Crippen molar-refractivity contribution in [3.8, 4) is 11.4 Å². The van der Waals surface area contributed by atoms with Crippen LogP contribution in [-0.4, -0.2) is 42.4 Å². The lowest BCUT2D eigenvalue weighted by Gasteiger charge is -2.12. The van der Waals surface area contributed by atoms with Gasteiger partial charge in [0.1, 0.15) is 5.75 Å². The molecule has 7 heteroatoms. The molecule has 0 spiro atoms. The van der Waals surface area contributed by atoms with Gasteiger partial charge in [0, 0.05) is 54.0 Å². The number of carbonyl (C=O) groups is 1. The fourth-order valence-corrected chi connectivity index (χ4v) is 3.71. The number of hydrogen-bond donors (Lipinski definition) is 1. The summed E-state index contributed by atoms with van der Waals surface area (Å²) in [5.74, 6) is 0.313. The number of fused-ring (bicyclic) bond motifs is 1. The summed E-state index contributed by atoms with van der Waals surface area (Å²) in [4.78, 5) is 18.5. The number of nitrogens with zero attached hydrogens (tertiary/aromatic N) is 4. The summed E-state index contributed by atoms with van der Waals surface area (Å²) in [5, 5.41) is 5.20. The van der Waals surface area contributed by atoms with Crippen LogP contribution < -0.4 is 15.1 Å². The van der Waals surface area contributed by atoms with Gasteiger partial charge in [-0.3, -0.25) is 9.78 Å². The molecule has 33 heavy (non-hydrogen) atoms. The predicted octanol–water partition coefficient (Wildman–Crippen LogP) is 4.24. The van der Waals surface area contributed by atoms with Crippen LogP contribution in [0.1, 0.15) is 17.0 Å². The Balaban J connectivity index is 1.39. The number of rotatable bonds is 7. The highest BCUT2D eigenvalue weighted by atomic mass is 16.5. The summed E-state index contributed by atoms with van der Waals surface area (Å²) in [6.07, 6.45) is 3.45. The van der Waals surface area contributed by atoms with E-state index in [1.807, 2.05) is 75.3 Å². The highest BCUT2D eigenvalue weighted by Crippen LogP contribution is 2.23. The van der Waals surface area contributed by atoms with Crippen molar-refractivity contribution >= 4 is 28.7 Å². The Labute approximate surface area is 193 Å². The number of nitrogens with one attached hydrogen (secondary N) is 1. The first-order valence-corrected chi connectivity index (χ1v) is 10.7. The normalized spacial score (nSPS) is 11.2. The lowest BCUT2D eigenvalue weighted by Crippen LogP contribution is -2.24. The Morgan fingerprint density at radius 1 is 1.12 bits per heavy atom. The molecule has 2 aromatic carbocycles. The van der Waals surface area contributed by atoms with Gasteiger partial charge in [0.05, 0.1) is 11.7 Å². The first kappa shape index (κ1) is 22.1. The second kappa shape index (κ2) is 9.56. The highest BCUT2D eigenvalue weighted by Gasteiger charge is 2.10. The monoisotopic (exact) mass is 441 g/mol. The Morgan fingerprint density at radius 2 is 1.91 bits per heavy atom. The number of ether oxygens (including phenoxy) is 1. The maximum atomic E-state index is 12.1. The number of anilines is 1. The maximum absolute atomic E-state index is 12.1. The second-order valence-corrected chi connectivity index (χ2v) is 8.01. The third-order valence-corrected chi connectivity index (χ3v) is 5.43. The van der Waals surface area contributed by atoms with Gasteiger partial charge in [0.2, 0.25) is 0 Å². The number of pyridine rings is 1. The van der Waals surface area contributed by atoms with Gasteiger partial charge in [0.15, 0.2) is 6.61 Å². The molecule has 0 radical (unpaired) electrons. The number of aromatic nitrogens is 2. The van der Waals surface area contributed by atoms with E-state index in [4.69, 9.17) is 4.74 Å². The molecule has 4 aromatic rings. The third-order valence-electron chi connectivity index (χ3n) is 5.43. The number of hydrazone groups is 1. The van der Waals surface area contributed by atoms with Gasteiger partial charge in [-0.25, -0.2) is 5.43 Å². The molecule has 168 valence electrons. The van der Waals surface area contributed by atoms with E-state index in [1.54, 1.807) is 12.4 Å². The van der Waals surface area contributed by atoms with Gasteiger partial charge in [-0.2, -0.15) is 5.10 Å². The van der Waals surface area contributed by atoms with Gasteiger partial charge >= 0.3 is 0 Å². The first-order chi connectivity index (χ1) is 15.9. The summed E-state index contributed by atoms with van der Waals surface area (Å²) in [6.45, 7) is 3.97. The molecule has 1 N–H and O–H groups in total. The quantitative estimate of drug-likeness (QED) is 0.344. The average molecular weight is 442 g/mol. The second-order valence-electron chi connectivity index (χ2n) is 8.01. The Bertz CT molecular complexity index is 1310. The van der Waals surface area contributed by atoms with Crippen molar-refractivity contribution in [3.05, 3.63) is 83.8 Å². The van der Waals surface area contributed by atoms with Crippen LogP contribution in [0.25, 0.3) is 16.6 Å². The number of benzene rings is 2. The molecule has 0 saturated carbocycles.